The first-order valence-electron chi connectivity index (χ1n) is 12.4. The van der Waals surface area contributed by atoms with Crippen LogP contribution in [0.3, 0.4) is 0 Å². The van der Waals surface area contributed by atoms with Crippen molar-refractivity contribution in [1.82, 2.24) is 20.5 Å². The summed E-state index contributed by atoms with van der Waals surface area (Å²) in [5.74, 6) is 1.02. The zero-order valence-electron chi connectivity index (χ0n) is 19.4. The molecule has 1 saturated carbocycles. The molecule has 1 aliphatic carbocycles. The van der Waals surface area contributed by atoms with Crippen molar-refractivity contribution in [3.05, 3.63) is 35.7 Å². The van der Waals surface area contributed by atoms with E-state index in [4.69, 9.17) is 4.99 Å². The van der Waals surface area contributed by atoms with Gasteiger partial charge in [-0.25, -0.2) is 4.98 Å². The molecule has 0 bridgehead atoms. The van der Waals surface area contributed by atoms with Gasteiger partial charge < -0.3 is 15.5 Å². The highest BCUT2D eigenvalue weighted by Gasteiger charge is 2.33. The highest BCUT2D eigenvalue weighted by Crippen LogP contribution is 2.28. The third-order valence-corrected chi connectivity index (χ3v) is 7.26. The molecule has 3 unspecified atom stereocenters. The van der Waals surface area contributed by atoms with E-state index in [2.05, 4.69) is 31.6 Å². The van der Waals surface area contributed by atoms with E-state index in [1.165, 1.54) is 12.8 Å². The lowest BCUT2D eigenvalue weighted by molar-refractivity contribution is -0.119. The van der Waals surface area contributed by atoms with Crippen LogP contribution in [0.4, 0.5) is 5.69 Å². The molecule has 1 aromatic heterocycles. The largest absolute Gasteiger partial charge is 0.368 e. The monoisotopic (exact) mass is 450 g/mol. The molecule has 8 heteroatoms. The maximum Gasteiger partial charge on any atom is 0.269 e. The van der Waals surface area contributed by atoms with E-state index in [1.807, 2.05) is 31.3 Å². The van der Waals surface area contributed by atoms with Gasteiger partial charge in [-0.1, -0.05) is 6.92 Å². The minimum absolute atomic E-state index is 0.0724. The van der Waals surface area contributed by atoms with E-state index in [9.17, 15) is 9.59 Å². The maximum atomic E-state index is 12.2. The van der Waals surface area contributed by atoms with Crippen LogP contribution >= 0.6 is 0 Å². The normalized spacial score (nSPS) is 27.5. The van der Waals surface area contributed by atoms with Gasteiger partial charge in [-0.15, -0.1) is 0 Å². The van der Waals surface area contributed by atoms with Crippen molar-refractivity contribution in [3.63, 3.8) is 0 Å². The summed E-state index contributed by atoms with van der Waals surface area (Å²) in [7, 11) is 0. The molecule has 0 spiro atoms. The van der Waals surface area contributed by atoms with Gasteiger partial charge in [0.25, 0.3) is 5.91 Å². The average molecular weight is 451 g/mol. The fourth-order valence-corrected chi connectivity index (χ4v) is 4.98. The van der Waals surface area contributed by atoms with Crippen molar-refractivity contribution in [2.45, 2.75) is 44.7 Å². The lowest BCUT2D eigenvalue weighted by Gasteiger charge is -2.39. The molecule has 0 radical (unpaired) electrons. The summed E-state index contributed by atoms with van der Waals surface area (Å²) in [6.45, 7) is 7.58. The van der Waals surface area contributed by atoms with E-state index in [1.54, 1.807) is 0 Å². The molecule has 4 aliphatic rings. The summed E-state index contributed by atoms with van der Waals surface area (Å²) < 4.78 is 0. The predicted molar refractivity (Wildman–Crippen MR) is 129 cm³/mol. The molecule has 1 aromatic rings. The number of amides is 2. The fourth-order valence-electron chi connectivity index (χ4n) is 4.98. The Bertz CT molecular complexity index is 931. The summed E-state index contributed by atoms with van der Waals surface area (Å²) in [6.07, 6.45) is 10.1. The number of rotatable bonds is 7. The Kier molecular flexibility index (Phi) is 6.44. The van der Waals surface area contributed by atoms with Gasteiger partial charge in [0.15, 0.2) is 0 Å². The Balaban J connectivity index is 1.09. The third kappa shape index (κ3) is 5.27. The first-order valence-corrected chi connectivity index (χ1v) is 12.4. The lowest BCUT2D eigenvalue weighted by Crippen LogP contribution is -2.52. The van der Waals surface area contributed by atoms with Gasteiger partial charge in [-0.05, 0) is 49.8 Å². The Labute approximate surface area is 195 Å². The van der Waals surface area contributed by atoms with Gasteiger partial charge in [0.1, 0.15) is 5.69 Å². The van der Waals surface area contributed by atoms with E-state index < -0.39 is 0 Å². The first kappa shape index (κ1) is 22.1. The van der Waals surface area contributed by atoms with E-state index >= 15 is 0 Å². The van der Waals surface area contributed by atoms with Crippen LogP contribution in [-0.2, 0) is 4.79 Å². The Morgan fingerprint density at radius 1 is 1.21 bits per heavy atom. The molecular weight excluding hydrogens is 416 g/mol. The molecule has 3 atom stereocenters. The number of piperazine rings is 1. The number of hydrogen-bond acceptors (Lipinski definition) is 6. The molecule has 2 fully saturated rings. The minimum Gasteiger partial charge on any atom is -0.368 e. The lowest BCUT2D eigenvalue weighted by atomic mass is 9.88. The van der Waals surface area contributed by atoms with Crippen molar-refractivity contribution in [3.8, 4) is 0 Å². The zero-order chi connectivity index (χ0) is 22.8. The van der Waals surface area contributed by atoms with Crippen LogP contribution in [0.1, 0.15) is 43.1 Å². The predicted octanol–water partition coefficient (Wildman–Crippen LogP) is 1.64. The number of aromatic nitrogens is 1. The summed E-state index contributed by atoms with van der Waals surface area (Å²) >= 11 is 0. The van der Waals surface area contributed by atoms with Crippen molar-refractivity contribution in [2.24, 2.45) is 16.8 Å². The van der Waals surface area contributed by atoms with E-state index in [0.717, 1.165) is 63.4 Å². The van der Waals surface area contributed by atoms with Gasteiger partial charge in [0.05, 0.1) is 24.0 Å². The molecule has 8 nitrogen and oxygen atoms in total. The second-order valence-corrected chi connectivity index (χ2v) is 9.75. The average Bonchev–Trinajstić information content (AvgIpc) is 3.67. The van der Waals surface area contributed by atoms with Crippen LogP contribution in [0.5, 0.6) is 0 Å². The molecule has 5 rings (SSSR count). The van der Waals surface area contributed by atoms with Crippen LogP contribution in [0.25, 0.3) is 0 Å². The second-order valence-electron chi connectivity index (χ2n) is 9.75. The van der Waals surface area contributed by atoms with E-state index in [-0.39, 0.29) is 23.9 Å². The number of carbonyl (C=O) groups is 2. The van der Waals surface area contributed by atoms with Crippen LogP contribution < -0.4 is 15.5 Å². The fraction of sp³-hybridized carbons (Fsp3) is 0.600. The van der Waals surface area contributed by atoms with Gasteiger partial charge in [0, 0.05) is 57.0 Å². The highest BCUT2D eigenvalue weighted by atomic mass is 16.2. The summed E-state index contributed by atoms with van der Waals surface area (Å²) in [6, 6.07) is 4.05. The van der Waals surface area contributed by atoms with Crippen LogP contribution in [0, 0.1) is 11.8 Å². The van der Waals surface area contributed by atoms with Gasteiger partial charge in [0.2, 0.25) is 5.91 Å². The van der Waals surface area contributed by atoms with E-state index in [0.29, 0.717) is 17.5 Å². The number of pyridine rings is 1. The Morgan fingerprint density at radius 2 is 2.03 bits per heavy atom. The standard InChI is InChI=1S/C25H34N6O2/c1-2-19-12-22-23(29-24(19)32)11-18(14-26-22)16-30-7-9-31(10-8-30)20-5-6-21(27-15-20)25(33)28-13-17-3-4-17/h5-6,12,14-15,17-18,22-23H,2-4,7-11,13,16H2,1H3,(H,28,33)(H,29,32). The van der Waals surface area contributed by atoms with Crippen LogP contribution in [0.2, 0.25) is 0 Å². The van der Waals surface area contributed by atoms with Crippen molar-refractivity contribution >= 4 is 23.7 Å². The number of anilines is 1. The molecule has 0 aromatic carbocycles. The Morgan fingerprint density at radius 3 is 2.73 bits per heavy atom. The molecule has 2 amide bonds. The zero-order valence-corrected chi connectivity index (χ0v) is 19.4. The Hall–Kier alpha value is -2.74. The van der Waals surface area contributed by atoms with Crippen molar-refractivity contribution in [2.75, 3.05) is 44.2 Å². The highest BCUT2D eigenvalue weighted by molar-refractivity contribution is 5.95. The van der Waals surface area contributed by atoms with Crippen LogP contribution in [-0.4, -0.2) is 79.3 Å². The number of hydrogen-bond donors (Lipinski definition) is 2. The molecule has 1 saturated heterocycles. The van der Waals surface area contributed by atoms with Crippen molar-refractivity contribution < 1.29 is 9.59 Å². The second kappa shape index (κ2) is 9.63. The molecule has 176 valence electrons. The third-order valence-electron chi connectivity index (χ3n) is 7.26. The van der Waals surface area contributed by atoms with Gasteiger partial charge in [-0.2, -0.15) is 0 Å². The number of aliphatic imine (C=N–C) groups is 1. The molecule has 4 heterocycles. The van der Waals surface area contributed by atoms with Gasteiger partial charge in [-0.3, -0.25) is 19.5 Å². The van der Waals surface area contributed by atoms with Gasteiger partial charge >= 0.3 is 0 Å². The smallest absolute Gasteiger partial charge is 0.269 e. The molecule has 33 heavy (non-hydrogen) atoms. The topological polar surface area (TPSA) is 89.9 Å². The number of nitrogens with zero attached hydrogens (tertiary/aromatic N) is 4. The quantitative estimate of drug-likeness (QED) is 0.659. The SMILES string of the molecule is CCC1=CC2N=CC(CN3CCN(c4ccc(C(=O)NCC5CC5)nc4)CC3)CC2NC1=O. The van der Waals surface area contributed by atoms with Crippen LogP contribution in [0.15, 0.2) is 35.0 Å². The number of nitrogens with one attached hydrogen (secondary N) is 2. The molecular formula is C25H34N6O2. The summed E-state index contributed by atoms with van der Waals surface area (Å²) in [4.78, 5) is 38.4. The minimum atomic E-state index is -0.0785. The first-order chi connectivity index (χ1) is 16.1. The maximum absolute atomic E-state index is 12.2. The number of carbonyl (C=O) groups excluding carboxylic acids is 2. The molecule has 3 aliphatic heterocycles. The number of fused-ring (bicyclic) bond motifs is 1. The summed E-state index contributed by atoms with van der Waals surface area (Å²) in [5.41, 5.74) is 2.41. The summed E-state index contributed by atoms with van der Waals surface area (Å²) in [5, 5.41) is 6.13. The molecule has 2 N–H and O–H groups in total. The van der Waals surface area contributed by atoms with Crippen molar-refractivity contribution in [1.29, 1.82) is 0 Å².